The summed E-state index contributed by atoms with van der Waals surface area (Å²) >= 11 is 6.67. The maximum atomic E-state index is 13.5. The molecule has 188 valence electrons. The molecule has 3 nitrogen and oxygen atoms in total. The van der Waals surface area contributed by atoms with Crippen molar-refractivity contribution in [1.29, 1.82) is 5.26 Å². The van der Waals surface area contributed by atoms with Crippen molar-refractivity contribution in [2.45, 2.75) is 91.3 Å². The molecule has 3 rings (SSSR count). The molecule has 0 radical (unpaired) electrons. The molecule has 1 fully saturated rings. The molecule has 1 saturated heterocycles. The highest BCUT2D eigenvalue weighted by Gasteiger charge is 2.43. The normalized spacial score (nSPS) is 21.5. The predicted octanol–water partition coefficient (Wildman–Crippen LogP) is 8.41. The van der Waals surface area contributed by atoms with Crippen molar-refractivity contribution in [2.24, 2.45) is 0 Å². The molecule has 2 aromatic rings. The Bertz CT molecular complexity index is 1070. The van der Waals surface area contributed by atoms with Crippen molar-refractivity contribution in [1.82, 2.24) is 9.88 Å². The largest absolute Gasteiger partial charge is 0.287 e. The van der Waals surface area contributed by atoms with Crippen molar-refractivity contribution in [3.8, 4) is 6.07 Å². The molecule has 1 aliphatic rings. The third kappa shape index (κ3) is 6.60. The minimum Gasteiger partial charge on any atom is -0.287 e. The molecular weight excluding hydrogens is 457 g/mol. The van der Waals surface area contributed by atoms with E-state index in [0.29, 0.717) is 18.2 Å². The van der Waals surface area contributed by atoms with Crippen LogP contribution in [0, 0.1) is 24.1 Å². The molecule has 35 heavy (non-hydrogen) atoms. The van der Waals surface area contributed by atoms with Crippen LogP contribution in [0.1, 0.15) is 83.7 Å². The summed E-state index contributed by atoms with van der Waals surface area (Å²) in [7, 11) is 0. The van der Waals surface area contributed by atoms with Crippen LogP contribution in [0.3, 0.4) is 0 Å². The number of pyridine rings is 1. The lowest BCUT2D eigenvalue weighted by atomic mass is 9.80. The number of rotatable bonds is 7. The van der Waals surface area contributed by atoms with Gasteiger partial charge < -0.3 is 0 Å². The van der Waals surface area contributed by atoms with Crippen molar-refractivity contribution in [3.05, 3.63) is 88.0 Å². The van der Waals surface area contributed by atoms with Gasteiger partial charge in [0.05, 0.1) is 29.4 Å². The van der Waals surface area contributed by atoms with Crippen LogP contribution in [-0.2, 0) is 5.41 Å². The molecule has 0 saturated carbocycles. The Hall–Kier alpha value is -2.48. The second-order valence-electron chi connectivity index (χ2n) is 9.29. The molecule has 0 aliphatic carbocycles. The summed E-state index contributed by atoms with van der Waals surface area (Å²) in [4.78, 5) is 6.79. The Balaban J connectivity index is 0.00000210. The van der Waals surface area contributed by atoms with Crippen LogP contribution in [-0.4, -0.2) is 22.0 Å². The molecule has 4 atom stereocenters. The van der Waals surface area contributed by atoms with Gasteiger partial charge in [-0.25, -0.2) is 4.39 Å². The Labute approximate surface area is 216 Å². The highest BCUT2D eigenvalue weighted by molar-refractivity contribution is 6.29. The number of hydrogen-bond acceptors (Lipinski definition) is 3. The smallest absolute Gasteiger partial charge is 0.141 e. The first-order chi connectivity index (χ1) is 16.7. The Morgan fingerprint density at radius 1 is 1.29 bits per heavy atom. The summed E-state index contributed by atoms with van der Waals surface area (Å²) in [6.45, 7) is 14.2. The molecule has 2 heterocycles. The average molecular weight is 496 g/mol. The number of nitriles is 1. The van der Waals surface area contributed by atoms with Gasteiger partial charge in [0.25, 0.3) is 0 Å². The first-order valence-electron chi connectivity index (χ1n) is 12.6. The summed E-state index contributed by atoms with van der Waals surface area (Å²) < 4.78 is 13.5. The van der Waals surface area contributed by atoms with Crippen LogP contribution < -0.4 is 0 Å². The van der Waals surface area contributed by atoms with E-state index >= 15 is 0 Å². The Morgan fingerprint density at radius 3 is 2.51 bits per heavy atom. The minimum absolute atomic E-state index is 0.0217. The highest BCUT2D eigenvalue weighted by Crippen LogP contribution is 2.44. The second-order valence-corrected chi connectivity index (χ2v) is 9.85. The monoisotopic (exact) mass is 495 g/mol. The van der Waals surface area contributed by atoms with Crippen molar-refractivity contribution in [2.75, 3.05) is 0 Å². The van der Waals surface area contributed by atoms with Crippen LogP contribution in [0.15, 0.2) is 65.4 Å². The van der Waals surface area contributed by atoms with Gasteiger partial charge in [-0.1, -0.05) is 61.9 Å². The van der Waals surface area contributed by atoms with Gasteiger partial charge in [0.2, 0.25) is 0 Å². The van der Waals surface area contributed by atoms with E-state index < -0.39 is 11.2 Å². The number of likely N-dealkylation sites (tertiary alicyclic amines) is 1. The van der Waals surface area contributed by atoms with E-state index in [1.807, 2.05) is 40.7 Å². The topological polar surface area (TPSA) is 39.9 Å². The van der Waals surface area contributed by atoms with Gasteiger partial charge in [0.1, 0.15) is 5.82 Å². The minimum atomic E-state index is -0.822. The second kappa shape index (κ2) is 13.0. The van der Waals surface area contributed by atoms with Crippen molar-refractivity contribution < 1.29 is 4.39 Å². The molecule has 1 aromatic carbocycles. The molecule has 1 aromatic heterocycles. The molecule has 5 heteroatoms. The maximum Gasteiger partial charge on any atom is 0.141 e. The van der Waals surface area contributed by atoms with Gasteiger partial charge in [-0.05, 0) is 82.7 Å². The van der Waals surface area contributed by atoms with Gasteiger partial charge in [-0.15, -0.1) is 0 Å². The van der Waals surface area contributed by atoms with Crippen LogP contribution >= 0.6 is 11.6 Å². The van der Waals surface area contributed by atoms with Gasteiger partial charge in [0.15, 0.2) is 0 Å². The molecule has 0 spiro atoms. The lowest BCUT2D eigenvalue weighted by Gasteiger charge is -2.40. The van der Waals surface area contributed by atoms with E-state index in [4.69, 9.17) is 11.6 Å². The number of nitrogens with zero attached hydrogens (tertiary/aromatic N) is 3. The first kappa shape index (κ1) is 28.8. The van der Waals surface area contributed by atoms with E-state index in [2.05, 4.69) is 60.1 Å². The van der Waals surface area contributed by atoms with Crippen LogP contribution in [0.2, 0.25) is 0 Å². The zero-order valence-electron chi connectivity index (χ0n) is 22.1. The van der Waals surface area contributed by atoms with E-state index in [-0.39, 0.29) is 12.1 Å². The maximum absolute atomic E-state index is 13.5. The lowest BCUT2D eigenvalue weighted by molar-refractivity contribution is 0.140. The van der Waals surface area contributed by atoms with E-state index in [9.17, 15) is 9.65 Å². The van der Waals surface area contributed by atoms with Crippen LogP contribution in [0.4, 0.5) is 4.39 Å². The number of allylic oxidation sites excluding steroid dienone is 2. The van der Waals surface area contributed by atoms with Crippen molar-refractivity contribution >= 4 is 11.6 Å². The Kier molecular flexibility index (Phi) is 10.7. The highest BCUT2D eigenvalue weighted by atomic mass is 35.5. The number of halogens is 2. The third-order valence-electron chi connectivity index (χ3n) is 6.85. The van der Waals surface area contributed by atoms with Gasteiger partial charge in [-0.2, -0.15) is 5.26 Å². The molecule has 0 N–H and O–H groups in total. The lowest BCUT2D eigenvalue weighted by Crippen LogP contribution is -2.42. The first-order valence-corrected chi connectivity index (χ1v) is 12.9. The number of benzene rings is 1. The summed E-state index contributed by atoms with van der Waals surface area (Å²) in [6, 6.07) is 14.4. The van der Waals surface area contributed by atoms with Gasteiger partial charge in [0, 0.05) is 17.1 Å². The van der Waals surface area contributed by atoms with Crippen LogP contribution in [0.5, 0.6) is 0 Å². The molecule has 1 aliphatic heterocycles. The molecule has 4 unspecified atom stereocenters. The zero-order valence-corrected chi connectivity index (χ0v) is 22.9. The quantitative estimate of drug-likeness (QED) is 0.362. The Morgan fingerprint density at radius 2 is 1.97 bits per heavy atom. The van der Waals surface area contributed by atoms with Crippen molar-refractivity contribution in [3.63, 3.8) is 0 Å². The fourth-order valence-corrected chi connectivity index (χ4v) is 5.27. The number of hydrogen-bond donors (Lipinski definition) is 0. The van der Waals surface area contributed by atoms with Gasteiger partial charge >= 0.3 is 0 Å². The van der Waals surface area contributed by atoms with E-state index in [1.54, 1.807) is 6.07 Å². The number of aromatic nitrogens is 1. The summed E-state index contributed by atoms with van der Waals surface area (Å²) in [5.74, 6) is -0.395. The van der Waals surface area contributed by atoms with Crippen LogP contribution in [0.25, 0.3) is 0 Å². The van der Waals surface area contributed by atoms with E-state index in [0.717, 1.165) is 23.4 Å². The average Bonchev–Trinajstić information content (AvgIpc) is 3.20. The zero-order chi connectivity index (χ0) is 26.2. The molecule has 0 bridgehead atoms. The fourth-order valence-electron chi connectivity index (χ4n) is 5.10. The summed E-state index contributed by atoms with van der Waals surface area (Å²) in [6.07, 6.45) is 7.96. The third-order valence-corrected chi connectivity index (χ3v) is 7.07. The fraction of sp³-hybridized carbons (Fsp3) is 0.467. The molecule has 0 amide bonds. The van der Waals surface area contributed by atoms with Gasteiger partial charge in [-0.3, -0.25) is 9.88 Å². The predicted molar refractivity (Wildman–Crippen MR) is 145 cm³/mol. The summed E-state index contributed by atoms with van der Waals surface area (Å²) in [5, 5.41) is 10.9. The molecular formula is C30H39ClFN3. The number of aryl methyl sites for hydroxylation is 1. The summed E-state index contributed by atoms with van der Waals surface area (Å²) in [5.41, 5.74) is 3.30. The standard InChI is InChI=1S/C28H33ClFN3.C2H6/c1-6-9-25(21(4)29)27(24-11-8-7-10-19(24)2)33-20(3)12-14-23(33)16-28(5,18-31)26-15-13-22(30)17-32-26;1-2/h6-11,13,15,17,20,23,27H,12,14,16H2,1-5H3;1-2H3/b9-6-,25-21-;. The SMILES string of the molecule is C/C=C\C(=C(/C)Cl)C(c1ccccc1C)N1C(C)CCC1CC(C)(C#N)c1ccc(F)cn1.CC. The van der Waals surface area contributed by atoms with E-state index in [1.165, 1.54) is 23.4 Å².